The number of hydrogen-bond acceptors (Lipinski definition) is 2. The summed E-state index contributed by atoms with van der Waals surface area (Å²) in [7, 11) is 1.11. The SMILES string of the molecule is COc1cc(F)c(C(F)(F)C(C)(C)N)cc1F. The van der Waals surface area contributed by atoms with Gasteiger partial charge in [-0.2, -0.15) is 8.78 Å². The molecule has 6 heteroatoms. The second kappa shape index (κ2) is 4.18. The third-order valence-corrected chi connectivity index (χ3v) is 2.39. The molecule has 0 amide bonds. The summed E-state index contributed by atoms with van der Waals surface area (Å²) < 4.78 is 58.8. The van der Waals surface area contributed by atoms with Gasteiger partial charge in [0.2, 0.25) is 0 Å². The van der Waals surface area contributed by atoms with Crippen molar-refractivity contribution in [3.63, 3.8) is 0 Å². The zero-order valence-corrected chi connectivity index (χ0v) is 9.65. The molecule has 0 unspecified atom stereocenters. The van der Waals surface area contributed by atoms with E-state index in [1.54, 1.807) is 0 Å². The zero-order chi connectivity index (χ0) is 13.4. The first-order chi connectivity index (χ1) is 7.61. The van der Waals surface area contributed by atoms with Crippen LogP contribution in [-0.4, -0.2) is 12.6 Å². The summed E-state index contributed by atoms with van der Waals surface area (Å²) in [5, 5.41) is 0. The minimum Gasteiger partial charge on any atom is -0.494 e. The molecule has 0 aliphatic carbocycles. The molecule has 0 saturated heterocycles. The summed E-state index contributed by atoms with van der Waals surface area (Å²) in [5.74, 6) is -6.44. The highest BCUT2D eigenvalue weighted by atomic mass is 19.3. The van der Waals surface area contributed by atoms with Crippen molar-refractivity contribution in [3.05, 3.63) is 29.3 Å². The van der Waals surface area contributed by atoms with Gasteiger partial charge in [-0.3, -0.25) is 0 Å². The Morgan fingerprint density at radius 3 is 2.06 bits per heavy atom. The lowest BCUT2D eigenvalue weighted by Gasteiger charge is -2.30. The van der Waals surface area contributed by atoms with Gasteiger partial charge < -0.3 is 10.5 Å². The van der Waals surface area contributed by atoms with E-state index >= 15 is 0 Å². The van der Waals surface area contributed by atoms with Gasteiger partial charge in [0, 0.05) is 6.07 Å². The maximum atomic E-state index is 13.8. The highest BCUT2D eigenvalue weighted by molar-refractivity contribution is 5.34. The Bertz CT molecular complexity index is 426. The van der Waals surface area contributed by atoms with Crippen molar-refractivity contribution in [2.24, 2.45) is 5.73 Å². The number of nitrogens with two attached hydrogens (primary N) is 1. The summed E-state index contributed by atoms with van der Waals surface area (Å²) in [6.07, 6.45) is 0. The van der Waals surface area contributed by atoms with E-state index in [4.69, 9.17) is 5.73 Å². The number of ether oxygens (including phenoxy) is 1. The van der Waals surface area contributed by atoms with Gasteiger partial charge >= 0.3 is 0 Å². The normalized spacial score (nSPS) is 12.7. The molecule has 0 aliphatic rings. The van der Waals surface area contributed by atoms with Crippen LogP contribution in [-0.2, 0) is 5.92 Å². The fourth-order valence-corrected chi connectivity index (χ4v) is 1.27. The standard InChI is InChI=1S/C11H13F4NO/c1-10(2,16)11(14,15)6-4-8(13)9(17-3)5-7(6)12/h4-5H,16H2,1-3H3. The zero-order valence-electron chi connectivity index (χ0n) is 9.65. The quantitative estimate of drug-likeness (QED) is 0.838. The average molecular weight is 251 g/mol. The Morgan fingerprint density at radius 1 is 1.12 bits per heavy atom. The lowest BCUT2D eigenvalue weighted by atomic mass is 9.90. The second-order valence-corrected chi connectivity index (χ2v) is 4.26. The molecule has 0 atom stereocenters. The van der Waals surface area contributed by atoms with Crippen LogP contribution in [0, 0.1) is 11.6 Å². The van der Waals surface area contributed by atoms with Gasteiger partial charge in [-0.15, -0.1) is 0 Å². The number of benzene rings is 1. The number of hydrogen-bond donors (Lipinski definition) is 1. The molecule has 0 spiro atoms. The van der Waals surface area contributed by atoms with Crippen LogP contribution in [0.5, 0.6) is 5.75 Å². The smallest absolute Gasteiger partial charge is 0.293 e. The van der Waals surface area contributed by atoms with Crippen LogP contribution in [0.3, 0.4) is 0 Å². The van der Waals surface area contributed by atoms with Gasteiger partial charge in [-0.1, -0.05) is 0 Å². The monoisotopic (exact) mass is 251 g/mol. The van der Waals surface area contributed by atoms with Crippen LogP contribution in [0.25, 0.3) is 0 Å². The first-order valence-corrected chi connectivity index (χ1v) is 4.81. The van der Waals surface area contributed by atoms with Gasteiger partial charge in [-0.25, -0.2) is 8.78 Å². The Labute approximate surface area is 96.4 Å². The number of halogens is 4. The van der Waals surface area contributed by atoms with E-state index in [9.17, 15) is 17.6 Å². The molecule has 0 aromatic heterocycles. The molecule has 0 bridgehead atoms. The molecular weight excluding hydrogens is 238 g/mol. The predicted octanol–water partition coefficient (Wildman–Crippen LogP) is 2.80. The molecule has 0 saturated carbocycles. The minimum absolute atomic E-state index is 0.406. The van der Waals surface area contributed by atoms with Crippen molar-refractivity contribution in [1.82, 2.24) is 0 Å². The van der Waals surface area contributed by atoms with Gasteiger partial charge in [0.15, 0.2) is 11.6 Å². The van der Waals surface area contributed by atoms with Crippen LogP contribution >= 0.6 is 0 Å². The molecule has 0 aliphatic heterocycles. The molecule has 2 N–H and O–H groups in total. The molecule has 2 nitrogen and oxygen atoms in total. The Morgan fingerprint density at radius 2 is 1.65 bits per heavy atom. The van der Waals surface area contributed by atoms with Crippen LogP contribution in [0.2, 0.25) is 0 Å². The lowest BCUT2D eigenvalue weighted by molar-refractivity contribution is -0.0703. The Balaban J connectivity index is 3.38. The van der Waals surface area contributed by atoms with Crippen molar-refractivity contribution in [3.8, 4) is 5.75 Å². The number of methoxy groups -OCH3 is 1. The fraction of sp³-hybridized carbons (Fsp3) is 0.455. The summed E-state index contributed by atoms with van der Waals surface area (Å²) in [6.45, 7) is 2.07. The van der Waals surface area contributed by atoms with Gasteiger partial charge in [0.25, 0.3) is 5.92 Å². The van der Waals surface area contributed by atoms with Crippen LogP contribution < -0.4 is 10.5 Å². The second-order valence-electron chi connectivity index (χ2n) is 4.26. The lowest BCUT2D eigenvalue weighted by Crippen LogP contribution is -2.49. The van der Waals surface area contributed by atoms with E-state index in [2.05, 4.69) is 4.74 Å². The van der Waals surface area contributed by atoms with Crippen molar-refractivity contribution in [1.29, 1.82) is 0 Å². The van der Waals surface area contributed by atoms with Gasteiger partial charge in [-0.05, 0) is 19.9 Å². The fourth-order valence-electron chi connectivity index (χ4n) is 1.27. The van der Waals surface area contributed by atoms with E-state index in [1.165, 1.54) is 0 Å². The third kappa shape index (κ3) is 2.36. The maximum Gasteiger partial charge on any atom is 0.293 e. The Kier molecular flexibility index (Phi) is 3.38. The largest absolute Gasteiger partial charge is 0.494 e. The third-order valence-electron chi connectivity index (χ3n) is 2.39. The Hall–Kier alpha value is -1.30. The van der Waals surface area contributed by atoms with Crippen molar-refractivity contribution in [2.45, 2.75) is 25.3 Å². The van der Waals surface area contributed by atoms with E-state index in [0.29, 0.717) is 12.1 Å². The molecule has 1 aromatic carbocycles. The van der Waals surface area contributed by atoms with Crippen LogP contribution in [0.4, 0.5) is 17.6 Å². The summed E-state index contributed by atoms with van der Waals surface area (Å²) in [4.78, 5) is 0. The molecule has 0 heterocycles. The summed E-state index contributed by atoms with van der Waals surface area (Å²) >= 11 is 0. The average Bonchev–Trinajstić information content (AvgIpc) is 2.18. The first-order valence-electron chi connectivity index (χ1n) is 4.81. The van der Waals surface area contributed by atoms with E-state index in [0.717, 1.165) is 21.0 Å². The van der Waals surface area contributed by atoms with E-state index < -0.39 is 34.4 Å². The van der Waals surface area contributed by atoms with E-state index in [1.807, 2.05) is 0 Å². The topological polar surface area (TPSA) is 35.2 Å². The van der Waals surface area contributed by atoms with Gasteiger partial charge in [0.05, 0.1) is 18.2 Å². The van der Waals surface area contributed by atoms with Crippen molar-refractivity contribution < 1.29 is 22.3 Å². The maximum absolute atomic E-state index is 13.8. The highest BCUT2D eigenvalue weighted by Gasteiger charge is 2.47. The minimum atomic E-state index is -3.69. The van der Waals surface area contributed by atoms with E-state index in [-0.39, 0.29) is 0 Å². The van der Waals surface area contributed by atoms with Crippen LogP contribution in [0.1, 0.15) is 19.4 Å². The predicted molar refractivity (Wildman–Crippen MR) is 55.1 cm³/mol. The van der Waals surface area contributed by atoms with Crippen molar-refractivity contribution in [2.75, 3.05) is 7.11 Å². The molecular formula is C11H13F4NO. The van der Waals surface area contributed by atoms with Gasteiger partial charge in [0.1, 0.15) is 5.82 Å². The molecule has 1 rings (SSSR count). The number of rotatable bonds is 3. The molecule has 0 radical (unpaired) electrons. The molecule has 1 aromatic rings. The first kappa shape index (κ1) is 13.8. The van der Waals surface area contributed by atoms with Crippen LogP contribution in [0.15, 0.2) is 12.1 Å². The number of alkyl halides is 2. The summed E-state index contributed by atoms with van der Waals surface area (Å²) in [6, 6.07) is 0.979. The summed E-state index contributed by atoms with van der Waals surface area (Å²) in [5.41, 5.74) is 2.18. The van der Waals surface area contributed by atoms with Crippen molar-refractivity contribution >= 4 is 0 Å². The molecule has 17 heavy (non-hydrogen) atoms. The molecule has 96 valence electrons. The highest BCUT2D eigenvalue weighted by Crippen LogP contribution is 2.40. The molecule has 0 fully saturated rings.